The first-order chi connectivity index (χ1) is 5.20. The van der Waals surface area contributed by atoms with Gasteiger partial charge in [0.25, 0.3) is 0 Å². The predicted molar refractivity (Wildman–Crippen MR) is 49.5 cm³/mol. The van der Waals surface area contributed by atoms with E-state index in [9.17, 15) is 4.79 Å². The standard InChI is InChI=1S/C8H15NO2.ClH/c1-6(11-7(2)10)8-4-3-5-9-8;/h6,8-9H,3-5H2,1-2H3;1H. The highest BCUT2D eigenvalue weighted by molar-refractivity contribution is 5.85. The quantitative estimate of drug-likeness (QED) is 0.668. The van der Waals surface area contributed by atoms with Gasteiger partial charge in [0.05, 0.1) is 0 Å². The van der Waals surface area contributed by atoms with Gasteiger partial charge in [-0.05, 0) is 26.3 Å². The van der Waals surface area contributed by atoms with E-state index >= 15 is 0 Å². The van der Waals surface area contributed by atoms with Crippen molar-refractivity contribution in [3.8, 4) is 0 Å². The highest BCUT2D eigenvalue weighted by atomic mass is 35.5. The summed E-state index contributed by atoms with van der Waals surface area (Å²) < 4.78 is 5.03. The molecule has 0 amide bonds. The van der Waals surface area contributed by atoms with Crippen molar-refractivity contribution in [1.29, 1.82) is 0 Å². The van der Waals surface area contributed by atoms with Crippen LogP contribution in [0.4, 0.5) is 0 Å². The van der Waals surface area contributed by atoms with Gasteiger partial charge in [0.2, 0.25) is 0 Å². The van der Waals surface area contributed by atoms with Gasteiger partial charge in [0, 0.05) is 13.0 Å². The molecule has 1 heterocycles. The topological polar surface area (TPSA) is 38.3 Å². The van der Waals surface area contributed by atoms with Crippen LogP contribution < -0.4 is 5.32 Å². The van der Waals surface area contributed by atoms with Crippen LogP contribution in [0.3, 0.4) is 0 Å². The lowest BCUT2D eigenvalue weighted by molar-refractivity contribution is -0.146. The predicted octanol–water partition coefficient (Wildman–Crippen LogP) is 1.11. The number of ether oxygens (including phenoxy) is 1. The second-order valence-corrected chi connectivity index (χ2v) is 3.02. The van der Waals surface area contributed by atoms with Crippen LogP contribution in [0.1, 0.15) is 26.7 Å². The molecule has 0 aromatic rings. The van der Waals surface area contributed by atoms with E-state index in [1.165, 1.54) is 13.3 Å². The minimum Gasteiger partial charge on any atom is -0.461 e. The van der Waals surface area contributed by atoms with Crippen LogP contribution in [0.5, 0.6) is 0 Å². The lowest BCUT2D eigenvalue weighted by atomic mass is 10.1. The molecule has 4 heteroatoms. The Morgan fingerprint density at radius 1 is 1.67 bits per heavy atom. The van der Waals surface area contributed by atoms with Gasteiger partial charge in [-0.1, -0.05) is 0 Å². The molecule has 3 nitrogen and oxygen atoms in total. The summed E-state index contributed by atoms with van der Waals surface area (Å²) in [4.78, 5) is 10.6. The molecule has 0 aromatic heterocycles. The zero-order chi connectivity index (χ0) is 8.27. The van der Waals surface area contributed by atoms with Crippen molar-refractivity contribution in [2.24, 2.45) is 0 Å². The first-order valence-electron chi connectivity index (χ1n) is 4.11. The number of carbonyl (C=O) groups is 1. The molecule has 1 rings (SSSR count). The fraction of sp³-hybridized carbons (Fsp3) is 0.875. The highest BCUT2D eigenvalue weighted by Gasteiger charge is 2.22. The number of rotatable bonds is 2. The Kier molecular flexibility index (Phi) is 5.25. The zero-order valence-electron chi connectivity index (χ0n) is 7.50. The van der Waals surface area contributed by atoms with Gasteiger partial charge in [-0.25, -0.2) is 0 Å². The molecule has 72 valence electrons. The van der Waals surface area contributed by atoms with E-state index in [-0.39, 0.29) is 24.5 Å². The second-order valence-electron chi connectivity index (χ2n) is 3.02. The molecular formula is C8H16ClNO2. The summed E-state index contributed by atoms with van der Waals surface area (Å²) >= 11 is 0. The lowest BCUT2D eigenvalue weighted by Gasteiger charge is -2.18. The van der Waals surface area contributed by atoms with E-state index in [2.05, 4.69) is 5.32 Å². The SMILES string of the molecule is CC(=O)OC(C)C1CCCN1.Cl. The van der Waals surface area contributed by atoms with Crippen LogP contribution in [0.25, 0.3) is 0 Å². The van der Waals surface area contributed by atoms with E-state index in [0.29, 0.717) is 6.04 Å². The Morgan fingerprint density at radius 2 is 2.33 bits per heavy atom. The van der Waals surface area contributed by atoms with Crippen molar-refractivity contribution < 1.29 is 9.53 Å². The summed E-state index contributed by atoms with van der Waals surface area (Å²) in [6, 6.07) is 0.374. The van der Waals surface area contributed by atoms with Gasteiger partial charge in [-0.15, -0.1) is 12.4 Å². The molecule has 1 saturated heterocycles. The fourth-order valence-electron chi connectivity index (χ4n) is 1.46. The van der Waals surface area contributed by atoms with Crippen LogP contribution in [0.15, 0.2) is 0 Å². The number of esters is 1. The van der Waals surface area contributed by atoms with Gasteiger partial charge >= 0.3 is 5.97 Å². The minimum atomic E-state index is -0.189. The van der Waals surface area contributed by atoms with E-state index < -0.39 is 0 Å². The molecule has 2 unspecified atom stereocenters. The highest BCUT2D eigenvalue weighted by Crippen LogP contribution is 2.11. The van der Waals surface area contributed by atoms with Crippen molar-refractivity contribution in [3.05, 3.63) is 0 Å². The molecule has 0 radical (unpaired) electrons. The van der Waals surface area contributed by atoms with E-state index in [1.54, 1.807) is 0 Å². The van der Waals surface area contributed by atoms with Crippen molar-refractivity contribution in [2.45, 2.75) is 38.8 Å². The molecule has 0 aliphatic carbocycles. The fourth-order valence-corrected chi connectivity index (χ4v) is 1.46. The van der Waals surface area contributed by atoms with Crippen molar-refractivity contribution >= 4 is 18.4 Å². The Balaban J connectivity index is 0.00000121. The number of hydrogen-bond acceptors (Lipinski definition) is 3. The average Bonchev–Trinajstić information content (AvgIpc) is 2.35. The van der Waals surface area contributed by atoms with Gasteiger partial charge in [0.1, 0.15) is 6.10 Å². The van der Waals surface area contributed by atoms with Gasteiger partial charge in [-0.3, -0.25) is 4.79 Å². The maximum absolute atomic E-state index is 10.6. The Hall–Kier alpha value is -0.280. The third-order valence-corrected chi connectivity index (χ3v) is 2.02. The third-order valence-electron chi connectivity index (χ3n) is 2.02. The smallest absolute Gasteiger partial charge is 0.302 e. The zero-order valence-corrected chi connectivity index (χ0v) is 8.32. The number of carbonyl (C=O) groups excluding carboxylic acids is 1. The molecular weight excluding hydrogens is 178 g/mol. The number of nitrogens with one attached hydrogen (secondary N) is 1. The van der Waals surface area contributed by atoms with Gasteiger partial charge in [0.15, 0.2) is 0 Å². The van der Waals surface area contributed by atoms with E-state index in [1.807, 2.05) is 6.92 Å². The summed E-state index contributed by atoms with van der Waals surface area (Å²) in [6.07, 6.45) is 2.33. The van der Waals surface area contributed by atoms with E-state index in [4.69, 9.17) is 4.74 Å². The minimum absolute atomic E-state index is 0. The molecule has 1 aliphatic rings. The Labute approximate surface area is 79.3 Å². The molecule has 0 saturated carbocycles. The summed E-state index contributed by atoms with van der Waals surface area (Å²) in [7, 11) is 0. The van der Waals surface area contributed by atoms with Crippen LogP contribution in [0, 0.1) is 0 Å². The normalized spacial score (nSPS) is 24.3. The largest absolute Gasteiger partial charge is 0.461 e. The molecule has 12 heavy (non-hydrogen) atoms. The molecule has 1 N–H and O–H groups in total. The van der Waals surface area contributed by atoms with Crippen molar-refractivity contribution in [1.82, 2.24) is 5.32 Å². The lowest BCUT2D eigenvalue weighted by Crippen LogP contribution is -2.35. The first kappa shape index (κ1) is 11.7. The maximum atomic E-state index is 10.6. The molecule has 1 aliphatic heterocycles. The second kappa shape index (κ2) is 5.38. The van der Waals surface area contributed by atoms with Crippen LogP contribution in [0.2, 0.25) is 0 Å². The summed E-state index contributed by atoms with van der Waals surface area (Å²) in [6.45, 7) is 4.44. The monoisotopic (exact) mass is 193 g/mol. The summed E-state index contributed by atoms with van der Waals surface area (Å²) in [5.74, 6) is -0.189. The first-order valence-corrected chi connectivity index (χ1v) is 4.11. The van der Waals surface area contributed by atoms with E-state index in [0.717, 1.165) is 13.0 Å². The third kappa shape index (κ3) is 3.41. The summed E-state index contributed by atoms with van der Waals surface area (Å²) in [5.41, 5.74) is 0. The van der Waals surface area contributed by atoms with Gasteiger partial charge in [-0.2, -0.15) is 0 Å². The van der Waals surface area contributed by atoms with Crippen molar-refractivity contribution in [3.63, 3.8) is 0 Å². The van der Waals surface area contributed by atoms with Crippen LogP contribution >= 0.6 is 12.4 Å². The Morgan fingerprint density at radius 3 is 2.75 bits per heavy atom. The van der Waals surface area contributed by atoms with Crippen LogP contribution in [-0.4, -0.2) is 24.7 Å². The number of halogens is 1. The maximum Gasteiger partial charge on any atom is 0.302 e. The van der Waals surface area contributed by atoms with Crippen LogP contribution in [-0.2, 0) is 9.53 Å². The molecule has 1 fully saturated rings. The molecule has 0 bridgehead atoms. The average molecular weight is 194 g/mol. The Bertz CT molecular complexity index is 146. The molecule has 2 atom stereocenters. The summed E-state index contributed by atoms with van der Waals surface area (Å²) in [5, 5.41) is 3.28. The van der Waals surface area contributed by atoms with Gasteiger partial charge < -0.3 is 10.1 Å². The molecule has 0 spiro atoms. The molecule has 0 aromatic carbocycles. The van der Waals surface area contributed by atoms with Crippen molar-refractivity contribution in [2.75, 3.05) is 6.54 Å². The number of hydrogen-bond donors (Lipinski definition) is 1.